The van der Waals surface area contributed by atoms with Crippen molar-refractivity contribution in [3.63, 3.8) is 0 Å². The number of hydrogen-bond donors (Lipinski definition) is 4. The van der Waals surface area contributed by atoms with E-state index >= 15 is 0 Å². The molecule has 4 aliphatic rings. The molecular weight excluding hydrogens is 1130 g/mol. The molecule has 0 spiro atoms. The largest absolute Gasteiger partial charge is 0.488 e. The van der Waals surface area contributed by atoms with Crippen LogP contribution in [0, 0.1) is 5.41 Å². The zero-order chi connectivity index (χ0) is 44.9. The molecule has 0 saturated carbocycles. The fraction of sp³-hybridized carbons (Fsp3) is 0.412. The first-order chi connectivity index (χ1) is 30.5. The average Bonchev–Trinajstić information content (AvgIpc) is 3.54. The second-order valence-electron chi connectivity index (χ2n) is 17.0. The Labute approximate surface area is 435 Å². The van der Waals surface area contributed by atoms with Crippen LogP contribution in [0.1, 0.15) is 90.5 Å². The third-order valence-electron chi connectivity index (χ3n) is 12.2. The van der Waals surface area contributed by atoms with E-state index in [1.165, 1.54) is 47.0 Å². The molecule has 0 bridgehead atoms. The Hall–Kier alpha value is -2.93. The summed E-state index contributed by atoms with van der Waals surface area (Å²) in [4.78, 5) is 26.9. The average molecular weight is 1190 g/mol. The molecule has 360 valence electrons. The summed E-state index contributed by atoms with van der Waals surface area (Å²) in [6, 6.07) is 29.3. The molecule has 2 fully saturated rings. The van der Waals surface area contributed by atoms with Gasteiger partial charge in [-0.05, 0) is 121 Å². The van der Waals surface area contributed by atoms with Gasteiger partial charge in [-0.1, -0.05) is 117 Å². The molecule has 0 aromatic heterocycles. The predicted octanol–water partition coefficient (Wildman–Crippen LogP) is 10.7. The lowest BCUT2D eigenvalue weighted by molar-refractivity contribution is -0.148. The van der Waals surface area contributed by atoms with Gasteiger partial charge in [0, 0.05) is 63.6 Å². The van der Waals surface area contributed by atoms with Gasteiger partial charge in [0.15, 0.2) is 0 Å². The van der Waals surface area contributed by atoms with E-state index in [1.54, 1.807) is 13.8 Å². The van der Waals surface area contributed by atoms with E-state index in [4.69, 9.17) is 14.6 Å². The highest BCUT2D eigenvalue weighted by Crippen LogP contribution is 2.43. The van der Waals surface area contributed by atoms with Gasteiger partial charge in [-0.15, -0.1) is 37.2 Å². The molecular formula is C51H63Cl3I2N2O8. The van der Waals surface area contributed by atoms with E-state index in [0.717, 1.165) is 85.6 Å². The van der Waals surface area contributed by atoms with Crippen LogP contribution >= 0.6 is 82.4 Å². The number of carboxylic acids is 2. The Kier molecular flexibility index (Phi) is 24.3. The van der Waals surface area contributed by atoms with Crippen LogP contribution in [0.15, 0.2) is 96.1 Å². The number of carboxylic acid groups (broad SMARTS) is 2. The lowest BCUT2D eigenvalue weighted by Gasteiger charge is -2.34. The van der Waals surface area contributed by atoms with Gasteiger partial charge in [0.25, 0.3) is 0 Å². The monoisotopic (exact) mass is 1190 g/mol. The Morgan fingerprint density at radius 3 is 1.42 bits per heavy atom. The molecule has 0 unspecified atom stereocenters. The minimum absolute atomic E-state index is 0. The SMILES string of the molecule is CC(C)(CN1CCC(=C2c3ccccc3COc3ccc(CCO)cc32)CC1)C(=O)O.Cl.Cl.Cl.ICI.O=C(O)CCN1CCC(=C2c3ccccc3COc3ccc(CCO)cc32)CC1. The maximum atomic E-state index is 11.5. The number of carbonyl (C=O) groups is 2. The van der Waals surface area contributed by atoms with Gasteiger partial charge in [-0.2, -0.15) is 0 Å². The molecule has 0 amide bonds. The topological polar surface area (TPSA) is 140 Å². The highest BCUT2D eigenvalue weighted by molar-refractivity contribution is 14.2. The van der Waals surface area contributed by atoms with E-state index in [-0.39, 0.29) is 56.9 Å². The van der Waals surface area contributed by atoms with Crippen molar-refractivity contribution in [2.45, 2.75) is 72.0 Å². The first-order valence-corrected chi connectivity index (χ1v) is 24.9. The zero-order valence-corrected chi connectivity index (χ0v) is 44.4. The van der Waals surface area contributed by atoms with Gasteiger partial charge in [0.05, 0.1) is 14.3 Å². The number of hydrogen-bond acceptors (Lipinski definition) is 8. The number of fused-ring (bicyclic) bond motifs is 4. The first-order valence-electron chi connectivity index (χ1n) is 21.8. The van der Waals surface area contributed by atoms with Crippen molar-refractivity contribution in [2.24, 2.45) is 5.41 Å². The van der Waals surface area contributed by atoms with Crippen molar-refractivity contribution in [1.82, 2.24) is 9.80 Å². The number of alkyl halides is 2. The fourth-order valence-electron chi connectivity index (χ4n) is 8.92. The van der Waals surface area contributed by atoms with E-state index < -0.39 is 17.4 Å². The van der Waals surface area contributed by atoms with Crippen molar-refractivity contribution < 1.29 is 39.5 Å². The molecule has 15 heteroatoms. The maximum absolute atomic E-state index is 11.5. The number of aliphatic hydroxyl groups is 2. The number of aliphatic carboxylic acids is 2. The van der Waals surface area contributed by atoms with Crippen LogP contribution in [-0.2, 0) is 35.6 Å². The standard InChI is InChI=1S/C26H31NO4.C24H27NO4.CH2I2.3ClH/c1-26(2,25(29)30)17-27-12-9-19(10-13-27)24-21-6-4-3-5-20(21)16-31-23-8-7-18(11-14-28)15-22(23)24;26-14-10-17-5-6-22-21(15-17)24(20-4-2-1-3-19(20)16-29-22)18-7-11-25(12-8-18)13-9-23(27)28;2-1-3;;;/h3-8,15,28H,9-14,16-17H2,1-2H3,(H,29,30);1-6,15,26H,7-14,16H2,(H,27,28);1H2;3*1H. The van der Waals surface area contributed by atoms with Crippen LogP contribution in [0.4, 0.5) is 0 Å². The van der Waals surface area contributed by atoms with Gasteiger partial charge in [-0.25, -0.2) is 0 Å². The van der Waals surface area contributed by atoms with E-state index in [1.807, 2.05) is 36.4 Å². The summed E-state index contributed by atoms with van der Waals surface area (Å²) in [6.45, 7) is 9.54. The van der Waals surface area contributed by atoms with Crippen LogP contribution in [0.5, 0.6) is 11.5 Å². The molecule has 4 aromatic rings. The van der Waals surface area contributed by atoms with Gasteiger partial charge in [0.2, 0.25) is 0 Å². The summed E-state index contributed by atoms with van der Waals surface area (Å²) in [5, 5.41) is 37.2. The summed E-state index contributed by atoms with van der Waals surface area (Å²) < 4.78 is 13.5. The van der Waals surface area contributed by atoms with Crippen LogP contribution in [0.3, 0.4) is 0 Å². The van der Waals surface area contributed by atoms with Gasteiger partial charge >= 0.3 is 11.9 Å². The molecule has 8 rings (SSSR count). The molecule has 0 aliphatic carbocycles. The number of benzene rings is 4. The van der Waals surface area contributed by atoms with Gasteiger partial charge in [0.1, 0.15) is 24.7 Å². The molecule has 4 aromatic carbocycles. The molecule has 2 saturated heterocycles. The minimum Gasteiger partial charge on any atom is -0.488 e. The second-order valence-corrected chi connectivity index (χ2v) is 21.5. The smallest absolute Gasteiger partial charge is 0.310 e. The fourth-order valence-corrected chi connectivity index (χ4v) is 8.92. The Morgan fingerprint density at radius 2 is 1.03 bits per heavy atom. The quantitative estimate of drug-likeness (QED) is 0.0896. The molecule has 4 aliphatic heterocycles. The highest BCUT2D eigenvalue weighted by Gasteiger charge is 2.32. The maximum Gasteiger partial charge on any atom is 0.310 e. The molecule has 10 nitrogen and oxygen atoms in total. The zero-order valence-electron chi connectivity index (χ0n) is 37.6. The predicted molar refractivity (Wildman–Crippen MR) is 288 cm³/mol. The Bertz CT molecular complexity index is 2290. The van der Waals surface area contributed by atoms with E-state index in [0.29, 0.717) is 39.1 Å². The molecule has 4 heterocycles. The van der Waals surface area contributed by atoms with E-state index in [9.17, 15) is 24.9 Å². The van der Waals surface area contributed by atoms with Gasteiger partial charge < -0.3 is 39.7 Å². The lowest BCUT2D eigenvalue weighted by atomic mass is 9.85. The van der Waals surface area contributed by atoms with Crippen LogP contribution < -0.4 is 9.47 Å². The minimum atomic E-state index is -0.753. The second kappa shape index (κ2) is 27.9. The first kappa shape index (κ1) is 57.4. The van der Waals surface area contributed by atoms with Crippen LogP contribution in [0.2, 0.25) is 0 Å². The normalized spacial score (nSPS) is 15.5. The molecule has 0 radical (unpaired) electrons. The third kappa shape index (κ3) is 15.0. The van der Waals surface area contributed by atoms with Crippen molar-refractivity contribution in [1.29, 1.82) is 0 Å². The Morgan fingerprint density at radius 1 is 0.621 bits per heavy atom. The van der Waals surface area contributed by atoms with E-state index in [2.05, 4.69) is 104 Å². The number of rotatable bonds is 10. The third-order valence-corrected chi connectivity index (χ3v) is 12.2. The van der Waals surface area contributed by atoms with Crippen molar-refractivity contribution in [3.8, 4) is 11.5 Å². The number of aliphatic hydroxyl groups excluding tert-OH is 2. The number of halogens is 5. The highest BCUT2D eigenvalue weighted by atomic mass is 127. The number of ether oxygens (including phenoxy) is 2. The Balaban J connectivity index is 0.000000318. The summed E-state index contributed by atoms with van der Waals surface area (Å²) in [7, 11) is 0. The number of nitrogens with zero attached hydrogens (tertiary/aromatic N) is 2. The summed E-state index contributed by atoms with van der Waals surface area (Å²) in [5.74, 6) is 0.277. The number of piperidine rings is 2. The van der Waals surface area contributed by atoms with Crippen molar-refractivity contribution in [3.05, 3.63) is 141 Å². The molecule has 4 N–H and O–H groups in total. The van der Waals surface area contributed by atoms with Gasteiger partial charge in [-0.3, -0.25) is 9.59 Å². The summed E-state index contributed by atoms with van der Waals surface area (Å²) in [5.41, 5.74) is 13.8. The van der Waals surface area contributed by atoms with Crippen LogP contribution in [-0.4, -0.2) is 97.1 Å². The summed E-state index contributed by atoms with van der Waals surface area (Å²) >= 11 is 4.55. The molecule has 0 atom stereocenters. The van der Waals surface area contributed by atoms with Crippen molar-refractivity contribution >= 4 is 105 Å². The summed E-state index contributed by atoms with van der Waals surface area (Å²) in [6.07, 6.45) is 5.10. The van der Waals surface area contributed by atoms with Crippen LogP contribution in [0.25, 0.3) is 11.1 Å². The lowest BCUT2D eigenvalue weighted by Crippen LogP contribution is -2.42. The molecule has 66 heavy (non-hydrogen) atoms. The number of likely N-dealkylation sites (tertiary alicyclic amines) is 2. The van der Waals surface area contributed by atoms with Crippen molar-refractivity contribution in [2.75, 3.05) is 54.9 Å².